The van der Waals surface area contributed by atoms with E-state index in [0.29, 0.717) is 30.5 Å². The van der Waals surface area contributed by atoms with Gasteiger partial charge in [-0.2, -0.15) is 0 Å². The van der Waals surface area contributed by atoms with E-state index >= 15 is 0 Å². The van der Waals surface area contributed by atoms with Gasteiger partial charge in [-0.3, -0.25) is 4.79 Å². The maximum atomic E-state index is 11.9. The Kier molecular flexibility index (Phi) is 7.74. The minimum atomic E-state index is -0.193. The van der Waals surface area contributed by atoms with Gasteiger partial charge in [-0.25, -0.2) is 0 Å². The lowest BCUT2D eigenvalue weighted by Gasteiger charge is -2.14. The fraction of sp³-hybridized carbons (Fsp3) is 0.692. The molecule has 1 aromatic rings. The third-order valence-corrected chi connectivity index (χ3v) is 3.30. The van der Waals surface area contributed by atoms with Crippen molar-refractivity contribution in [2.45, 2.75) is 32.8 Å². The number of hydrogen-bond donors (Lipinski definition) is 1. The van der Waals surface area contributed by atoms with Gasteiger partial charge in [-0.1, -0.05) is 34.4 Å². The standard InChI is InChI=1S/C13H21BrN2O3/c1-3-4-10(5-6-14)8-15-13(17)12-7-11(9-18-2)19-16-12/h7,10H,3-6,8-9H2,1-2H3,(H,15,17). The normalized spacial score (nSPS) is 12.4. The van der Waals surface area contributed by atoms with Crippen molar-refractivity contribution in [1.82, 2.24) is 10.5 Å². The molecule has 5 nitrogen and oxygen atoms in total. The first-order valence-electron chi connectivity index (χ1n) is 6.49. The zero-order valence-corrected chi connectivity index (χ0v) is 13.0. The summed E-state index contributed by atoms with van der Waals surface area (Å²) in [5.74, 6) is 0.860. The van der Waals surface area contributed by atoms with E-state index in [0.717, 1.165) is 24.6 Å². The molecule has 0 fully saturated rings. The summed E-state index contributed by atoms with van der Waals surface area (Å²) in [6.45, 7) is 3.14. The van der Waals surface area contributed by atoms with Gasteiger partial charge in [0.25, 0.3) is 5.91 Å². The lowest BCUT2D eigenvalue weighted by Crippen LogP contribution is -2.29. The Bertz CT molecular complexity index is 376. The van der Waals surface area contributed by atoms with Crippen molar-refractivity contribution in [2.75, 3.05) is 19.0 Å². The third-order valence-electron chi connectivity index (χ3n) is 2.84. The van der Waals surface area contributed by atoms with Gasteiger partial charge in [-0.05, 0) is 18.8 Å². The van der Waals surface area contributed by atoms with Gasteiger partial charge in [0.2, 0.25) is 0 Å². The lowest BCUT2D eigenvalue weighted by molar-refractivity contribution is 0.0936. The largest absolute Gasteiger partial charge is 0.377 e. The number of rotatable bonds is 9. The van der Waals surface area contributed by atoms with Crippen LogP contribution in [-0.4, -0.2) is 30.0 Å². The number of alkyl halides is 1. The van der Waals surface area contributed by atoms with E-state index in [1.54, 1.807) is 13.2 Å². The number of nitrogens with zero attached hydrogens (tertiary/aromatic N) is 1. The number of carbonyl (C=O) groups is 1. The van der Waals surface area contributed by atoms with E-state index in [1.165, 1.54) is 0 Å². The smallest absolute Gasteiger partial charge is 0.273 e. The molecule has 0 radical (unpaired) electrons. The highest BCUT2D eigenvalue weighted by molar-refractivity contribution is 9.09. The maximum absolute atomic E-state index is 11.9. The average Bonchev–Trinajstić information content (AvgIpc) is 2.85. The van der Waals surface area contributed by atoms with E-state index in [1.807, 2.05) is 0 Å². The summed E-state index contributed by atoms with van der Waals surface area (Å²) in [4.78, 5) is 11.9. The van der Waals surface area contributed by atoms with Gasteiger partial charge in [0.15, 0.2) is 11.5 Å². The molecule has 1 atom stereocenters. The minimum Gasteiger partial charge on any atom is -0.377 e. The molecule has 1 amide bonds. The first-order chi connectivity index (χ1) is 9.21. The molecule has 0 aliphatic carbocycles. The Morgan fingerprint density at radius 3 is 3.00 bits per heavy atom. The Balaban J connectivity index is 2.44. The van der Waals surface area contributed by atoms with Gasteiger partial charge in [0.05, 0.1) is 0 Å². The van der Waals surface area contributed by atoms with Crippen molar-refractivity contribution in [3.8, 4) is 0 Å². The fourth-order valence-electron chi connectivity index (χ4n) is 1.87. The molecule has 1 N–H and O–H groups in total. The number of carbonyl (C=O) groups excluding carboxylic acids is 1. The van der Waals surface area contributed by atoms with Crippen molar-refractivity contribution < 1.29 is 14.1 Å². The number of nitrogens with one attached hydrogen (secondary N) is 1. The Hall–Kier alpha value is -0.880. The molecular formula is C13H21BrN2O3. The van der Waals surface area contributed by atoms with E-state index in [2.05, 4.69) is 33.3 Å². The van der Waals surface area contributed by atoms with Crippen LogP contribution in [0.4, 0.5) is 0 Å². The molecule has 0 aliphatic rings. The minimum absolute atomic E-state index is 0.193. The molecule has 0 saturated carbocycles. The zero-order chi connectivity index (χ0) is 14.1. The quantitative estimate of drug-likeness (QED) is 0.706. The van der Waals surface area contributed by atoms with Crippen LogP contribution in [0, 0.1) is 5.92 Å². The van der Waals surface area contributed by atoms with Crippen LogP contribution < -0.4 is 5.32 Å². The first kappa shape index (κ1) is 16.2. The summed E-state index contributed by atoms with van der Waals surface area (Å²) >= 11 is 3.44. The topological polar surface area (TPSA) is 64.4 Å². The van der Waals surface area contributed by atoms with Gasteiger partial charge >= 0.3 is 0 Å². The summed E-state index contributed by atoms with van der Waals surface area (Å²) in [6, 6.07) is 1.61. The van der Waals surface area contributed by atoms with E-state index in [4.69, 9.17) is 9.26 Å². The molecule has 1 aromatic heterocycles. The zero-order valence-electron chi connectivity index (χ0n) is 11.4. The summed E-state index contributed by atoms with van der Waals surface area (Å²) in [5.41, 5.74) is 0.307. The van der Waals surface area contributed by atoms with Crippen molar-refractivity contribution in [2.24, 2.45) is 5.92 Å². The van der Waals surface area contributed by atoms with Gasteiger partial charge in [-0.15, -0.1) is 0 Å². The predicted octanol–water partition coefficient (Wildman–Crippen LogP) is 2.75. The number of methoxy groups -OCH3 is 1. The van der Waals surface area contributed by atoms with Crippen molar-refractivity contribution in [3.63, 3.8) is 0 Å². The Morgan fingerprint density at radius 2 is 2.37 bits per heavy atom. The number of halogens is 1. The molecule has 0 saturated heterocycles. The van der Waals surface area contributed by atoms with Crippen LogP contribution >= 0.6 is 15.9 Å². The average molecular weight is 333 g/mol. The van der Waals surface area contributed by atoms with Crippen molar-refractivity contribution >= 4 is 21.8 Å². The molecule has 0 aromatic carbocycles. The van der Waals surface area contributed by atoms with E-state index < -0.39 is 0 Å². The van der Waals surface area contributed by atoms with Crippen molar-refractivity contribution in [3.05, 3.63) is 17.5 Å². The lowest BCUT2D eigenvalue weighted by atomic mass is 10.0. The summed E-state index contributed by atoms with van der Waals surface area (Å²) in [5, 5.41) is 7.58. The molecule has 1 heterocycles. The molecule has 1 rings (SSSR count). The van der Waals surface area contributed by atoms with Crippen LogP contribution in [0.3, 0.4) is 0 Å². The SMILES string of the molecule is CCCC(CCBr)CNC(=O)c1cc(COC)on1. The van der Waals surface area contributed by atoms with Crippen molar-refractivity contribution in [1.29, 1.82) is 0 Å². The highest BCUT2D eigenvalue weighted by Crippen LogP contribution is 2.12. The Labute approximate surface area is 122 Å². The molecule has 0 spiro atoms. The first-order valence-corrected chi connectivity index (χ1v) is 7.62. The fourth-order valence-corrected chi connectivity index (χ4v) is 2.52. The van der Waals surface area contributed by atoms with Gasteiger partial charge in [0.1, 0.15) is 6.61 Å². The second kappa shape index (κ2) is 9.09. The third kappa shape index (κ3) is 5.74. The summed E-state index contributed by atoms with van der Waals surface area (Å²) in [6.07, 6.45) is 3.29. The number of amides is 1. The molecular weight excluding hydrogens is 312 g/mol. The summed E-state index contributed by atoms with van der Waals surface area (Å²) < 4.78 is 9.90. The molecule has 1 unspecified atom stereocenters. The number of hydrogen-bond acceptors (Lipinski definition) is 4. The van der Waals surface area contributed by atoms with Crippen LogP contribution in [0.2, 0.25) is 0 Å². The molecule has 108 valence electrons. The highest BCUT2D eigenvalue weighted by Gasteiger charge is 2.14. The van der Waals surface area contributed by atoms with Gasteiger partial charge in [0, 0.05) is 25.1 Å². The van der Waals surface area contributed by atoms with Crippen LogP contribution in [-0.2, 0) is 11.3 Å². The Morgan fingerprint density at radius 1 is 1.58 bits per heavy atom. The second-order valence-corrected chi connectivity index (χ2v) is 5.25. The molecule has 19 heavy (non-hydrogen) atoms. The molecule has 0 bridgehead atoms. The summed E-state index contributed by atoms with van der Waals surface area (Å²) in [7, 11) is 1.57. The maximum Gasteiger partial charge on any atom is 0.273 e. The predicted molar refractivity (Wildman–Crippen MR) is 76.4 cm³/mol. The van der Waals surface area contributed by atoms with Gasteiger partial charge < -0.3 is 14.6 Å². The van der Waals surface area contributed by atoms with E-state index in [9.17, 15) is 4.79 Å². The monoisotopic (exact) mass is 332 g/mol. The highest BCUT2D eigenvalue weighted by atomic mass is 79.9. The number of ether oxygens (including phenoxy) is 1. The van der Waals surface area contributed by atoms with E-state index in [-0.39, 0.29) is 5.91 Å². The second-order valence-electron chi connectivity index (χ2n) is 4.45. The van der Waals surface area contributed by atoms with Crippen LogP contribution in [0.5, 0.6) is 0 Å². The molecule has 6 heteroatoms. The molecule has 0 aliphatic heterocycles. The van der Waals surface area contributed by atoms with Crippen LogP contribution in [0.25, 0.3) is 0 Å². The van der Waals surface area contributed by atoms with Crippen LogP contribution in [0.1, 0.15) is 42.4 Å². The number of aromatic nitrogens is 1. The van der Waals surface area contributed by atoms with Crippen LogP contribution in [0.15, 0.2) is 10.6 Å².